The van der Waals surface area contributed by atoms with E-state index >= 15 is 0 Å². The molecule has 0 aromatic rings. The highest BCUT2D eigenvalue weighted by atomic mass is 15.1. The van der Waals surface area contributed by atoms with Gasteiger partial charge in [0.05, 0.1) is 0 Å². The molecule has 0 radical (unpaired) electrons. The lowest BCUT2D eigenvalue weighted by Crippen LogP contribution is -2.52. The van der Waals surface area contributed by atoms with Crippen LogP contribution in [0.3, 0.4) is 0 Å². The van der Waals surface area contributed by atoms with Crippen molar-refractivity contribution in [3.05, 3.63) is 0 Å². The van der Waals surface area contributed by atoms with Gasteiger partial charge in [-0.1, -0.05) is 0 Å². The normalized spacial score (nSPS) is 44.2. The first kappa shape index (κ1) is 11.4. The van der Waals surface area contributed by atoms with Crippen LogP contribution in [0.15, 0.2) is 0 Å². The summed E-state index contributed by atoms with van der Waals surface area (Å²) < 4.78 is 0. The van der Waals surface area contributed by atoms with Crippen LogP contribution in [-0.4, -0.2) is 43.7 Å². The number of likely N-dealkylation sites (tertiary alicyclic amines) is 1. The Bertz CT molecular complexity index is 199. The van der Waals surface area contributed by atoms with Gasteiger partial charge >= 0.3 is 0 Å². The predicted molar refractivity (Wildman–Crippen MR) is 63.8 cm³/mol. The molecule has 2 saturated heterocycles. The summed E-state index contributed by atoms with van der Waals surface area (Å²) in [7, 11) is 2.18. The van der Waals surface area contributed by atoms with Crippen LogP contribution in [0.2, 0.25) is 0 Å². The van der Waals surface area contributed by atoms with E-state index in [9.17, 15) is 0 Å². The first-order valence-corrected chi connectivity index (χ1v) is 6.34. The van der Waals surface area contributed by atoms with Gasteiger partial charge in [-0.05, 0) is 58.2 Å². The molecule has 15 heavy (non-hydrogen) atoms. The molecule has 4 atom stereocenters. The second kappa shape index (κ2) is 4.81. The molecule has 4 unspecified atom stereocenters. The maximum atomic E-state index is 6.27. The maximum absolute atomic E-state index is 6.27. The van der Waals surface area contributed by atoms with Gasteiger partial charge < -0.3 is 16.0 Å². The summed E-state index contributed by atoms with van der Waals surface area (Å²) >= 11 is 0. The van der Waals surface area contributed by atoms with Gasteiger partial charge in [0.2, 0.25) is 0 Å². The Hall–Kier alpha value is -0.120. The van der Waals surface area contributed by atoms with Crippen molar-refractivity contribution in [1.82, 2.24) is 10.2 Å². The maximum Gasteiger partial charge on any atom is 0.0199 e. The van der Waals surface area contributed by atoms with E-state index in [1.807, 2.05) is 0 Å². The average molecular weight is 211 g/mol. The Morgan fingerprint density at radius 2 is 2.07 bits per heavy atom. The predicted octanol–water partition coefficient (Wildman–Crippen LogP) is 0.654. The van der Waals surface area contributed by atoms with Crippen molar-refractivity contribution in [2.75, 3.05) is 26.7 Å². The number of likely N-dealkylation sites (N-methyl/N-ethyl adjacent to an activating group) is 1. The molecule has 88 valence electrons. The van der Waals surface area contributed by atoms with Crippen molar-refractivity contribution in [3.63, 3.8) is 0 Å². The van der Waals surface area contributed by atoms with Crippen LogP contribution in [0.5, 0.6) is 0 Å². The molecule has 2 aliphatic rings. The highest BCUT2D eigenvalue weighted by Gasteiger charge is 2.32. The summed E-state index contributed by atoms with van der Waals surface area (Å²) in [5.41, 5.74) is 6.27. The summed E-state index contributed by atoms with van der Waals surface area (Å²) in [5, 5.41) is 3.59. The topological polar surface area (TPSA) is 41.3 Å². The Morgan fingerprint density at radius 1 is 1.27 bits per heavy atom. The molecule has 0 aromatic heterocycles. The molecule has 0 saturated carbocycles. The molecular weight excluding hydrogens is 186 g/mol. The van der Waals surface area contributed by atoms with Gasteiger partial charge in [-0.2, -0.15) is 0 Å². The fraction of sp³-hybridized carbons (Fsp3) is 1.00. The highest BCUT2D eigenvalue weighted by molar-refractivity contribution is 4.89. The van der Waals surface area contributed by atoms with Crippen molar-refractivity contribution in [2.45, 2.75) is 38.3 Å². The minimum absolute atomic E-state index is 0.393. The van der Waals surface area contributed by atoms with Crippen molar-refractivity contribution < 1.29 is 0 Å². The third-order valence-electron chi connectivity index (χ3n) is 4.22. The fourth-order valence-corrected chi connectivity index (χ4v) is 3.14. The van der Waals surface area contributed by atoms with Gasteiger partial charge in [0.25, 0.3) is 0 Å². The lowest BCUT2D eigenvalue weighted by atomic mass is 9.77. The van der Waals surface area contributed by atoms with Crippen LogP contribution in [-0.2, 0) is 0 Å². The molecule has 3 N–H and O–H groups in total. The summed E-state index contributed by atoms with van der Waals surface area (Å²) in [6, 6.07) is 1.10. The lowest BCUT2D eigenvalue weighted by Gasteiger charge is -2.41. The highest BCUT2D eigenvalue weighted by Crippen LogP contribution is 2.29. The first-order chi connectivity index (χ1) is 7.16. The number of piperidine rings is 2. The summed E-state index contributed by atoms with van der Waals surface area (Å²) in [6.45, 7) is 5.77. The number of hydrogen-bond donors (Lipinski definition) is 2. The van der Waals surface area contributed by atoms with E-state index in [4.69, 9.17) is 5.73 Å². The van der Waals surface area contributed by atoms with Crippen LogP contribution < -0.4 is 11.1 Å². The van der Waals surface area contributed by atoms with Gasteiger partial charge in [-0.25, -0.2) is 0 Å². The third-order valence-corrected chi connectivity index (χ3v) is 4.22. The van der Waals surface area contributed by atoms with Crippen LogP contribution in [0, 0.1) is 11.8 Å². The van der Waals surface area contributed by atoms with E-state index in [1.54, 1.807) is 0 Å². The number of nitrogens with two attached hydrogens (primary N) is 1. The molecule has 2 rings (SSSR count). The molecule has 2 heterocycles. The van der Waals surface area contributed by atoms with Gasteiger partial charge in [-0.3, -0.25) is 0 Å². The number of nitrogens with zero attached hydrogens (tertiary/aromatic N) is 1. The molecule has 0 bridgehead atoms. The second-order valence-electron chi connectivity index (χ2n) is 5.53. The largest absolute Gasteiger partial charge is 0.326 e. The Morgan fingerprint density at radius 3 is 2.67 bits per heavy atom. The number of nitrogens with one attached hydrogen (secondary N) is 1. The smallest absolute Gasteiger partial charge is 0.0199 e. The zero-order chi connectivity index (χ0) is 10.8. The lowest BCUT2D eigenvalue weighted by molar-refractivity contribution is 0.121. The minimum Gasteiger partial charge on any atom is -0.326 e. The number of hydrogen-bond acceptors (Lipinski definition) is 3. The molecule has 2 aliphatic heterocycles. The Labute approximate surface area is 93.4 Å². The molecule has 0 aromatic carbocycles. The van der Waals surface area contributed by atoms with Crippen molar-refractivity contribution in [1.29, 1.82) is 0 Å². The van der Waals surface area contributed by atoms with Crippen molar-refractivity contribution >= 4 is 0 Å². The molecular formula is C12H25N3. The van der Waals surface area contributed by atoms with E-state index in [1.165, 1.54) is 32.4 Å². The standard InChI is InChI=1S/C12H25N3/c1-9-3-4-10(7-14-9)11-5-6-15(2)8-12(11)13/h9-12,14H,3-8,13H2,1-2H3. The molecule has 3 nitrogen and oxygen atoms in total. The van der Waals surface area contributed by atoms with Gasteiger partial charge in [0, 0.05) is 18.6 Å². The molecule has 0 aliphatic carbocycles. The van der Waals surface area contributed by atoms with Crippen LogP contribution >= 0.6 is 0 Å². The van der Waals surface area contributed by atoms with E-state index in [-0.39, 0.29) is 0 Å². The molecule has 0 spiro atoms. The second-order valence-corrected chi connectivity index (χ2v) is 5.53. The summed E-state index contributed by atoms with van der Waals surface area (Å²) in [4.78, 5) is 2.36. The summed E-state index contributed by atoms with van der Waals surface area (Å²) in [6.07, 6.45) is 3.98. The number of rotatable bonds is 1. The Kier molecular flexibility index (Phi) is 3.65. The Balaban J connectivity index is 1.87. The molecule has 0 amide bonds. The first-order valence-electron chi connectivity index (χ1n) is 6.34. The van der Waals surface area contributed by atoms with E-state index in [0.29, 0.717) is 12.1 Å². The zero-order valence-electron chi connectivity index (χ0n) is 10.1. The molecule has 2 fully saturated rings. The van der Waals surface area contributed by atoms with Crippen LogP contribution in [0.4, 0.5) is 0 Å². The van der Waals surface area contributed by atoms with E-state index < -0.39 is 0 Å². The zero-order valence-corrected chi connectivity index (χ0v) is 10.1. The van der Waals surface area contributed by atoms with E-state index in [0.717, 1.165) is 18.4 Å². The quantitative estimate of drug-likeness (QED) is 0.669. The fourth-order valence-electron chi connectivity index (χ4n) is 3.14. The molecule has 3 heteroatoms. The average Bonchev–Trinajstić information content (AvgIpc) is 2.20. The monoisotopic (exact) mass is 211 g/mol. The van der Waals surface area contributed by atoms with Crippen LogP contribution in [0.25, 0.3) is 0 Å². The minimum atomic E-state index is 0.393. The van der Waals surface area contributed by atoms with E-state index in [2.05, 4.69) is 24.2 Å². The summed E-state index contributed by atoms with van der Waals surface area (Å²) in [5.74, 6) is 1.58. The van der Waals surface area contributed by atoms with Gasteiger partial charge in [-0.15, -0.1) is 0 Å². The van der Waals surface area contributed by atoms with Crippen molar-refractivity contribution in [2.24, 2.45) is 17.6 Å². The third kappa shape index (κ3) is 2.71. The van der Waals surface area contributed by atoms with Crippen LogP contribution in [0.1, 0.15) is 26.2 Å². The SMILES string of the molecule is CC1CCC(C2CCN(C)CC2N)CN1. The van der Waals surface area contributed by atoms with Gasteiger partial charge in [0.15, 0.2) is 0 Å². The van der Waals surface area contributed by atoms with Gasteiger partial charge in [0.1, 0.15) is 0 Å². The van der Waals surface area contributed by atoms with Crippen molar-refractivity contribution in [3.8, 4) is 0 Å².